The van der Waals surface area contributed by atoms with E-state index in [0.717, 1.165) is 27.5 Å². The number of aryl methyl sites for hydroxylation is 1. The zero-order valence-electron chi connectivity index (χ0n) is 19.3. The Bertz CT molecular complexity index is 1190. The summed E-state index contributed by atoms with van der Waals surface area (Å²) in [4.78, 5) is 20.6. The molecule has 0 aliphatic heterocycles. The molecule has 34 heavy (non-hydrogen) atoms. The Kier molecular flexibility index (Phi) is 7.93. The average Bonchev–Trinajstić information content (AvgIpc) is 3.55. The number of methoxy groups -OCH3 is 1. The summed E-state index contributed by atoms with van der Waals surface area (Å²) in [6, 6.07) is 19.3. The molecule has 2 aromatic carbocycles. The fraction of sp³-hybridized carbons (Fsp3) is 0.269. The minimum atomic E-state index is 0.0140. The Morgan fingerprint density at radius 3 is 2.62 bits per heavy atom. The molecule has 2 aromatic heterocycles. The highest BCUT2D eigenvalue weighted by Crippen LogP contribution is 2.23. The Morgan fingerprint density at radius 1 is 1.06 bits per heavy atom. The van der Waals surface area contributed by atoms with Gasteiger partial charge >= 0.3 is 0 Å². The highest BCUT2D eigenvalue weighted by atomic mass is 32.1. The SMILES string of the molecule is CCOc1ccc(-c2noc(CCC(=O)N(Cc3cccs3)Cc3ccccc3OC)n2)cc1. The number of hydrogen-bond acceptors (Lipinski definition) is 7. The highest BCUT2D eigenvalue weighted by Gasteiger charge is 2.19. The summed E-state index contributed by atoms with van der Waals surface area (Å²) < 4.78 is 16.4. The van der Waals surface area contributed by atoms with Crippen LogP contribution in [-0.2, 0) is 24.3 Å². The van der Waals surface area contributed by atoms with Crippen LogP contribution < -0.4 is 9.47 Å². The fourth-order valence-electron chi connectivity index (χ4n) is 3.57. The monoisotopic (exact) mass is 477 g/mol. The molecule has 7 nitrogen and oxygen atoms in total. The van der Waals surface area contributed by atoms with E-state index >= 15 is 0 Å². The first kappa shape index (κ1) is 23.5. The minimum absolute atomic E-state index is 0.0140. The lowest BCUT2D eigenvalue weighted by atomic mass is 10.1. The minimum Gasteiger partial charge on any atom is -0.496 e. The summed E-state index contributed by atoms with van der Waals surface area (Å²) in [6.45, 7) is 3.55. The van der Waals surface area contributed by atoms with Crippen LogP contribution in [0.3, 0.4) is 0 Å². The number of benzene rings is 2. The summed E-state index contributed by atoms with van der Waals surface area (Å²) in [6.07, 6.45) is 0.640. The van der Waals surface area contributed by atoms with E-state index in [1.54, 1.807) is 18.4 Å². The molecule has 1 amide bonds. The molecule has 8 heteroatoms. The second kappa shape index (κ2) is 11.5. The van der Waals surface area contributed by atoms with Crippen molar-refractivity contribution in [1.29, 1.82) is 0 Å². The van der Waals surface area contributed by atoms with Crippen LogP contribution in [0.15, 0.2) is 70.6 Å². The lowest BCUT2D eigenvalue weighted by molar-refractivity contribution is -0.132. The van der Waals surface area contributed by atoms with E-state index in [-0.39, 0.29) is 12.3 Å². The molecule has 0 saturated carbocycles. The molecule has 0 aliphatic rings. The molecule has 4 aromatic rings. The first-order chi connectivity index (χ1) is 16.7. The Balaban J connectivity index is 1.42. The summed E-state index contributed by atoms with van der Waals surface area (Å²) in [5, 5.41) is 6.09. The number of hydrogen-bond donors (Lipinski definition) is 0. The van der Waals surface area contributed by atoms with Crippen LogP contribution >= 0.6 is 11.3 Å². The van der Waals surface area contributed by atoms with Gasteiger partial charge in [-0.05, 0) is 48.7 Å². The van der Waals surface area contributed by atoms with Crippen molar-refractivity contribution in [2.24, 2.45) is 0 Å². The molecule has 0 fully saturated rings. The van der Waals surface area contributed by atoms with Crippen LogP contribution in [0, 0.1) is 0 Å². The van der Waals surface area contributed by atoms with E-state index in [9.17, 15) is 4.79 Å². The van der Waals surface area contributed by atoms with Gasteiger partial charge in [0.05, 0.1) is 20.3 Å². The van der Waals surface area contributed by atoms with Crippen molar-refractivity contribution in [3.05, 3.63) is 82.4 Å². The van der Waals surface area contributed by atoms with Crippen molar-refractivity contribution in [1.82, 2.24) is 15.0 Å². The van der Waals surface area contributed by atoms with Crippen molar-refractivity contribution in [2.45, 2.75) is 32.9 Å². The van der Waals surface area contributed by atoms with Crippen LogP contribution in [0.4, 0.5) is 0 Å². The van der Waals surface area contributed by atoms with Crippen LogP contribution in [0.1, 0.15) is 29.7 Å². The molecule has 2 heterocycles. The summed E-state index contributed by atoms with van der Waals surface area (Å²) in [5.41, 5.74) is 1.80. The van der Waals surface area contributed by atoms with Crippen molar-refractivity contribution < 1.29 is 18.8 Å². The number of ether oxygens (including phenoxy) is 2. The van der Waals surface area contributed by atoms with Gasteiger partial charge in [-0.15, -0.1) is 11.3 Å². The Labute approximate surface area is 202 Å². The number of carbonyl (C=O) groups is 1. The number of rotatable bonds is 11. The maximum Gasteiger partial charge on any atom is 0.227 e. The van der Waals surface area contributed by atoms with E-state index in [1.807, 2.05) is 77.9 Å². The summed E-state index contributed by atoms with van der Waals surface area (Å²) in [5.74, 6) is 2.51. The number of nitrogens with zero attached hydrogens (tertiary/aromatic N) is 3. The lowest BCUT2D eigenvalue weighted by Crippen LogP contribution is -2.30. The van der Waals surface area contributed by atoms with Crippen LogP contribution in [0.5, 0.6) is 11.5 Å². The highest BCUT2D eigenvalue weighted by molar-refractivity contribution is 7.09. The second-order valence-electron chi connectivity index (χ2n) is 7.61. The average molecular weight is 478 g/mol. The van der Waals surface area contributed by atoms with Gasteiger partial charge in [0, 0.05) is 35.4 Å². The number of thiophene rings is 1. The van der Waals surface area contributed by atoms with E-state index in [1.165, 1.54) is 0 Å². The molecule has 0 N–H and O–H groups in total. The maximum absolute atomic E-state index is 13.2. The van der Waals surface area contributed by atoms with Gasteiger partial charge in [-0.1, -0.05) is 29.4 Å². The quantitative estimate of drug-likeness (QED) is 0.289. The lowest BCUT2D eigenvalue weighted by Gasteiger charge is -2.23. The molecule has 4 rings (SSSR count). The number of amides is 1. The summed E-state index contributed by atoms with van der Waals surface area (Å²) >= 11 is 1.63. The molecule has 176 valence electrons. The second-order valence-corrected chi connectivity index (χ2v) is 8.64. The zero-order valence-corrected chi connectivity index (χ0v) is 20.1. The summed E-state index contributed by atoms with van der Waals surface area (Å²) in [7, 11) is 1.64. The Hall–Kier alpha value is -3.65. The molecule has 0 bridgehead atoms. The predicted molar refractivity (Wildman–Crippen MR) is 131 cm³/mol. The van der Waals surface area contributed by atoms with Gasteiger partial charge in [0.1, 0.15) is 11.5 Å². The normalized spacial score (nSPS) is 10.8. The molecular weight excluding hydrogens is 450 g/mol. The van der Waals surface area contributed by atoms with Gasteiger partial charge in [0.25, 0.3) is 0 Å². The van der Waals surface area contributed by atoms with Gasteiger partial charge in [-0.2, -0.15) is 4.98 Å². The number of para-hydroxylation sites is 1. The third kappa shape index (κ3) is 6.02. The standard InChI is InChI=1S/C26H27N3O4S/c1-3-32-21-12-10-19(11-13-21)26-27-24(33-28-26)14-15-25(30)29(18-22-8-6-16-34-22)17-20-7-4-5-9-23(20)31-2/h4-13,16H,3,14-15,17-18H2,1-2H3. The van der Waals surface area contributed by atoms with Crippen molar-refractivity contribution in [2.75, 3.05) is 13.7 Å². The first-order valence-electron chi connectivity index (χ1n) is 11.1. The van der Waals surface area contributed by atoms with Gasteiger partial charge < -0.3 is 18.9 Å². The van der Waals surface area contributed by atoms with Crippen molar-refractivity contribution in [3.8, 4) is 22.9 Å². The number of aromatic nitrogens is 2. The molecule has 0 spiro atoms. The molecule has 0 saturated heterocycles. The predicted octanol–water partition coefficient (Wildman–Crippen LogP) is 5.37. The van der Waals surface area contributed by atoms with Gasteiger partial charge in [0.2, 0.25) is 17.6 Å². The first-order valence-corrected chi connectivity index (χ1v) is 12.0. The third-order valence-electron chi connectivity index (χ3n) is 5.28. The van der Waals surface area contributed by atoms with E-state index in [2.05, 4.69) is 10.1 Å². The van der Waals surface area contributed by atoms with Crippen LogP contribution in [-0.4, -0.2) is 34.7 Å². The van der Waals surface area contributed by atoms with Gasteiger partial charge in [0.15, 0.2) is 0 Å². The van der Waals surface area contributed by atoms with Crippen LogP contribution in [0.2, 0.25) is 0 Å². The molecule has 0 atom stereocenters. The molecular formula is C26H27N3O4S. The smallest absolute Gasteiger partial charge is 0.227 e. The molecule has 0 aliphatic carbocycles. The van der Waals surface area contributed by atoms with Crippen molar-refractivity contribution in [3.63, 3.8) is 0 Å². The van der Waals surface area contributed by atoms with Crippen LogP contribution in [0.25, 0.3) is 11.4 Å². The third-order valence-corrected chi connectivity index (χ3v) is 6.14. The largest absolute Gasteiger partial charge is 0.496 e. The van der Waals surface area contributed by atoms with E-state index < -0.39 is 0 Å². The molecule has 0 unspecified atom stereocenters. The fourth-order valence-corrected chi connectivity index (χ4v) is 4.29. The topological polar surface area (TPSA) is 77.7 Å². The maximum atomic E-state index is 13.2. The van der Waals surface area contributed by atoms with Gasteiger partial charge in [-0.25, -0.2) is 0 Å². The zero-order chi connectivity index (χ0) is 23.8. The van der Waals surface area contributed by atoms with Crippen molar-refractivity contribution >= 4 is 17.2 Å². The number of carbonyl (C=O) groups excluding carboxylic acids is 1. The van der Waals surface area contributed by atoms with Gasteiger partial charge in [-0.3, -0.25) is 4.79 Å². The Morgan fingerprint density at radius 2 is 1.88 bits per heavy atom. The molecule has 0 radical (unpaired) electrons. The van der Waals surface area contributed by atoms with E-state index in [4.69, 9.17) is 14.0 Å². The van der Waals surface area contributed by atoms with E-state index in [0.29, 0.717) is 37.8 Å².